The normalized spacial score (nSPS) is 11.7. The second kappa shape index (κ2) is 6.53. The summed E-state index contributed by atoms with van der Waals surface area (Å²) in [5, 5.41) is 18.5. The second-order valence-corrected chi connectivity index (χ2v) is 4.80. The van der Waals surface area contributed by atoms with Crippen LogP contribution in [0.25, 0.3) is 0 Å². The van der Waals surface area contributed by atoms with Crippen molar-refractivity contribution in [3.8, 4) is 11.8 Å². The molecule has 1 atom stereocenters. The lowest BCUT2D eigenvalue weighted by atomic mass is 10.2. The third kappa shape index (κ3) is 3.44. The molecule has 0 aliphatic heterocycles. The number of rotatable bonds is 3. The Morgan fingerprint density at radius 3 is 2.63 bits per heavy atom. The number of hydrogen-bond acceptors (Lipinski definition) is 3. The van der Waals surface area contributed by atoms with Crippen LogP contribution < -0.4 is 0 Å². The number of halogens is 1. The van der Waals surface area contributed by atoms with Gasteiger partial charge in [-0.1, -0.05) is 27.8 Å². The summed E-state index contributed by atoms with van der Waals surface area (Å²) in [6.45, 7) is -0.309. The van der Waals surface area contributed by atoms with Gasteiger partial charge in [0.1, 0.15) is 18.5 Å². The van der Waals surface area contributed by atoms with Crippen molar-refractivity contribution in [1.29, 1.82) is 0 Å². The molecular weight excluding hydrogens is 308 g/mol. The first-order valence-corrected chi connectivity index (χ1v) is 6.54. The molecule has 2 N–H and O–H groups in total. The summed E-state index contributed by atoms with van der Waals surface area (Å²) < 4.78 is 2.67. The highest BCUT2D eigenvalue weighted by molar-refractivity contribution is 9.10. The number of aliphatic hydroxyl groups excluding tert-OH is 2. The highest BCUT2D eigenvalue weighted by Gasteiger charge is 2.10. The minimum atomic E-state index is -0.409. The van der Waals surface area contributed by atoms with Gasteiger partial charge in [0.15, 0.2) is 0 Å². The van der Waals surface area contributed by atoms with Gasteiger partial charge in [0.05, 0.1) is 6.61 Å². The molecule has 0 amide bonds. The van der Waals surface area contributed by atoms with E-state index in [1.807, 2.05) is 24.3 Å². The van der Waals surface area contributed by atoms with Gasteiger partial charge < -0.3 is 14.8 Å². The third-order valence-corrected chi connectivity index (χ3v) is 3.16. The summed E-state index contributed by atoms with van der Waals surface area (Å²) in [6.07, 6.45) is 3.28. The van der Waals surface area contributed by atoms with Crippen molar-refractivity contribution in [2.75, 3.05) is 6.61 Å². The molecule has 0 bridgehead atoms. The Morgan fingerprint density at radius 1 is 1.26 bits per heavy atom. The van der Waals surface area contributed by atoms with Gasteiger partial charge in [0.2, 0.25) is 0 Å². The Morgan fingerprint density at radius 2 is 2.00 bits per heavy atom. The van der Waals surface area contributed by atoms with Crippen LogP contribution in [-0.4, -0.2) is 26.4 Å². The minimum Gasteiger partial charge on any atom is -0.393 e. The predicted octanol–water partition coefficient (Wildman–Crippen LogP) is 1.72. The molecule has 2 aromatic rings. The largest absolute Gasteiger partial charge is 0.393 e. The zero-order chi connectivity index (χ0) is 13.7. The van der Waals surface area contributed by atoms with E-state index in [2.05, 4.69) is 32.8 Å². The lowest BCUT2D eigenvalue weighted by Gasteiger charge is -2.11. The second-order valence-electron chi connectivity index (χ2n) is 3.88. The summed E-state index contributed by atoms with van der Waals surface area (Å²) in [5.74, 6) is 6.47. The molecule has 98 valence electrons. The lowest BCUT2D eigenvalue weighted by Crippen LogP contribution is -2.13. The summed E-state index contributed by atoms with van der Waals surface area (Å²) in [6, 6.07) is 7.20. The van der Waals surface area contributed by atoms with Crippen molar-refractivity contribution in [2.45, 2.75) is 12.6 Å². The van der Waals surface area contributed by atoms with Crippen molar-refractivity contribution < 1.29 is 10.2 Å². The van der Waals surface area contributed by atoms with Gasteiger partial charge in [-0.3, -0.25) is 0 Å². The quantitative estimate of drug-likeness (QED) is 0.847. The van der Waals surface area contributed by atoms with E-state index in [-0.39, 0.29) is 13.2 Å². The van der Waals surface area contributed by atoms with E-state index in [0.29, 0.717) is 5.82 Å². The van der Waals surface area contributed by atoms with Gasteiger partial charge in [-0.2, -0.15) is 0 Å². The number of benzene rings is 1. The van der Waals surface area contributed by atoms with Gasteiger partial charge in [0.25, 0.3) is 0 Å². The Bertz CT molecular complexity index is 596. The van der Waals surface area contributed by atoms with Crippen molar-refractivity contribution >= 4 is 15.9 Å². The summed E-state index contributed by atoms with van der Waals surface area (Å²) in [7, 11) is 0. The van der Waals surface area contributed by atoms with E-state index >= 15 is 0 Å². The van der Waals surface area contributed by atoms with Gasteiger partial charge in [-0.15, -0.1) is 0 Å². The number of nitrogens with zero attached hydrogens (tertiary/aromatic N) is 2. The summed E-state index contributed by atoms with van der Waals surface area (Å²) >= 11 is 3.36. The minimum absolute atomic E-state index is 0.132. The monoisotopic (exact) mass is 320 g/mol. The zero-order valence-corrected chi connectivity index (χ0v) is 11.7. The molecule has 0 aliphatic carbocycles. The van der Waals surface area contributed by atoms with E-state index in [9.17, 15) is 5.11 Å². The molecule has 4 nitrogen and oxygen atoms in total. The average Bonchev–Trinajstić information content (AvgIpc) is 2.90. The molecule has 0 saturated heterocycles. The van der Waals surface area contributed by atoms with E-state index in [0.717, 1.165) is 10.0 Å². The maximum absolute atomic E-state index is 9.40. The van der Waals surface area contributed by atoms with Crippen LogP contribution in [-0.2, 0) is 6.61 Å². The maximum atomic E-state index is 9.40. The topological polar surface area (TPSA) is 58.3 Å². The van der Waals surface area contributed by atoms with Crippen LogP contribution in [0, 0.1) is 11.8 Å². The predicted molar refractivity (Wildman–Crippen MR) is 75.3 cm³/mol. The van der Waals surface area contributed by atoms with Crippen LogP contribution in [0.2, 0.25) is 0 Å². The number of aromatic nitrogens is 2. The Kier molecular flexibility index (Phi) is 4.74. The molecule has 0 saturated carbocycles. The fraction of sp³-hybridized carbons (Fsp3) is 0.214. The fourth-order valence-electron chi connectivity index (χ4n) is 1.65. The standard InChI is InChI=1S/C14H13BrN2O2/c15-12-4-1-11(2-5-12)3-6-13(9-18)17-8-7-16-14(17)10-19/h1-2,4-5,7-8,13,18-19H,9-10H2. The Labute approximate surface area is 119 Å². The first-order valence-electron chi connectivity index (χ1n) is 5.75. The van der Waals surface area contributed by atoms with Crippen LogP contribution in [0.15, 0.2) is 41.1 Å². The van der Waals surface area contributed by atoms with Gasteiger partial charge in [0, 0.05) is 22.4 Å². The molecule has 19 heavy (non-hydrogen) atoms. The van der Waals surface area contributed by atoms with Gasteiger partial charge in [-0.25, -0.2) is 4.98 Å². The SMILES string of the molecule is OCc1nccn1C(C#Cc1ccc(Br)cc1)CO. The number of hydrogen-bond donors (Lipinski definition) is 2. The fourth-order valence-corrected chi connectivity index (χ4v) is 1.92. The molecule has 1 aromatic heterocycles. The van der Waals surface area contributed by atoms with Crippen LogP contribution >= 0.6 is 15.9 Å². The van der Waals surface area contributed by atoms with Crippen molar-refractivity contribution in [2.24, 2.45) is 0 Å². The zero-order valence-electron chi connectivity index (χ0n) is 10.1. The van der Waals surface area contributed by atoms with Crippen molar-refractivity contribution in [1.82, 2.24) is 9.55 Å². The summed E-state index contributed by atoms with van der Waals surface area (Å²) in [4.78, 5) is 4.00. The van der Waals surface area contributed by atoms with Gasteiger partial charge in [-0.05, 0) is 24.3 Å². The van der Waals surface area contributed by atoms with E-state index < -0.39 is 6.04 Å². The first-order chi connectivity index (χ1) is 9.24. The molecule has 0 aliphatic rings. The first kappa shape index (κ1) is 13.8. The number of aliphatic hydroxyl groups is 2. The molecule has 1 aromatic carbocycles. The Hall–Kier alpha value is -1.61. The van der Waals surface area contributed by atoms with Crippen LogP contribution in [0.5, 0.6) is 0 Å². The van der Waals surface area contributed by atoms with E-state index in [4.69, 9.17) is 5.11 Å². The highest BCUT2D eigenvalue weighted by atomic mass is 79.9. The van der Waals surface area contributed by atoms with Crippen LogP contribution in [0.1, 0.15) is 17.4 Å². The molecule has 5 heteroatoms. The number of imidazole rings is 1. The molecule has 1 heterocycles. The maximum Gasteiger partial charge on any atom is 0.135 e. The third-order valence-electron chi connectivity index (χ3n) is 2.63. The van der Waals surface area contributed by atoms with Crippen molar-refractivity contribution in [3.05, 3.63) is 52.5 Å². The Balaban J connectivity index is 2.23. The summed E-state index contributed by atoms with van der Waals surface area (Å²) in [5.41, 5.74) is 0.868. The van der Waals surface area contributed by atoms with Crippen LogP contribution in [0.4, 0.5) is 0 Å². The molecular formula is C14H13BrN2O2. The molecule has 0 radical (unpaired) electrons. The van der Waals surface area contributed by atoms with Crippen molar-refractivity contribution in [3.63, 3.8) is 0 Å². The molecule has 1 unspecified atom stereocenters. The van der Waals surface area contributed by atoms with Gasteiger partial charge >= 0.3 is 0 Å². The highest BCUT2D eigenvalue weighted by Crippen LogP contribution is 2.11. The average molecular weight is 321 g/mol. The van der Waals surface area contributed by atoms with E-state index in [1.54, 1.807) is 17.0 Å². The lowest BCUT2D eigenvalue weighted by molar-refractivity contribution is 0.235. The molecule has 0 fully saturated rings. The molecule has 2 rings (SSSR count). The molecule has 0 spiro atoms. The van der Waals surface area contributed by atoms with Crippen LogP contribution in [0.3, 0.4) is 0 Å². The smallest absolute Gasteiger partial charge is 0.135 e. The van der Waals surface area contributed by atoms with E-state index in [1.165, 1.54) is 0 Å².